The number of ether oxygens (including phenoxy) is 1. The van der Waals surface area contributed by atoms with Crippen molar-refractivity contribution in [3.63, 3.8) is 0 Å². The van der Waals surface area contributed by atoms with Crippen LogP contribution in [-0.2, 0) is 4.74 Å². The van der Waals surface area contributed by atoms with Crippen LogP contribution in [0.3, 0.4) is 0 Å². The zero-order valence-electron chi connectivity index (χ0n) is 9.96. The van der Waals surface area contributed by atoms with Gasteiger partial charge in [0.05, 0.1) is 0 Å². The summed E-state index contributed by atoms with van der Waals surface area (Å²) >= 11 is 5.40. The fourth-order valence-electron chi connectivity index (χ4n) is 1.54. The first-order valence-electron chi connectivity index (χ1n) is 5.83. The molecule has 1 rings (SSSR count). The maximum Gasteiger partial charge on any atom is 0.0484 e. The van der Waals surface area contributed by atoms with E-state index in [1.54, 1.807) is 11.3 Å². The normalized spacial score (nSPS) is 12.9. The van der Waals surface area contributed by atoms with Gasteiger partial charge in [0.15, 0.2) is 0 Å². The largest absolute Gasteiger partial charge is 0.382 e. The van der Waals surface area contributed by atoms with Gasteiger partial charge in [-0.3, -0.25) is 0 Å². The summed E-state index contributed by atoms with van der Waals surface area (Å²) < 4.78 is 6.64. The van der Waals surface area contributed by atoms with E-state index in [-0.39, 0.29) is 0 Å². The standard InChI is InChI=1S/C12H20BrNOS/c1-3-7-14-11(5-8-15-4-2)12-10(13)6-9-16-12/h6,9,11,14H,3-5,7-8H2,1-2H3. The Balaban J connectivity index is 2.53. The van der Waals surface area contributed by atoms with E-state index in [0.717, 1.165) is 32.6 Å². The van der Waals surface area contributed by atoms with E-state index in [1.807, 2.05) is 6.92 Å². The van der Waals surface area contributed by atoms with Crippen LogP contribution in [0, 0.1) is 0 Å². The minimum absolute atomic E-state index is 0.417. The Morgan fingerprint density at radius 3 is 2.88 bits per heavy atom. The first-order valence-corrected chi connectivity index (χ1v) is 7.50. The molecule has 0 bridgehead atoms. The van der Waals surface area contributed by atoms with E-state index in [2.05, 4.69) is 39.6 Å². The zero-order valence-corrected chi connectivity index (χ0v) is 12.4. The van der Waals surface area contributed by atoms with Crippen LogP contribution < -0.4 is 5.32 Å². The summed E-state index contributed by atoms with van der Waals surface area (Å²) in [5.41, 5.74) is 0. The molecular formula is C12H20BrNOS. The molecule has 0 amide bonds. The highest BCUT2D eigenvalue weighted by Gasteiger charge is 2.14. The number of hydrogen-bond acceptors (Lipinski definition) is 3. The van der Waals surface area contributed by atoms with Crippen LogP contribution >= 0.6 is 27.3 Å². The van der Waals surface area contributed by atoms with Gasteiger partial charge in [-0.1, -0.05) is 6.92 Å². The van der Waals surface area contributed by atoms with Crippen molar-refractivity contribution in [3.05, 3.63) is 20.8 Å². The summed E-state index contributed by atoms with van der Waals surface area (Å²) in [5, 5.41) is 5.70. The van der Waals surface area contributed by atoms with Gasteiger partial charge in [0.2, 0.25) is 0 Å². The van der Waals surface area contributed by atoms with Crippen molar-refractivity contribution in [2.45, 2.75) is 32.7 Å². The maximum atomic E-state index is 5.43. The highest BCUT2D eigenvalue weighted by molar-refractivity contribution is 9.10. The van der Waals surface area contributed by atoms with Crippen LogP contribution in [0.25, 0.3) is 0 Å². The van der Waals surface area contributed by atoms with Crippen molar-refractivity contribution >= 4 is 27.3 Å². The van der Waals surface area contributed by atoms with Crippen LogP contribution in [-0.4, -0.2) is 19.8 Å². The van der Waals surface area contributed by atoms with Gasteiger partial charge in [0.25, 0.3) is 0 Å². The summed E-state index contributed by atoms with van der Waals surface area (Å²) in [6.45, 7) is 6.90. The van der Waals surface area contributed by atoms with Crippen LogP contribution in [0.2, 0.25) is 0 Å². The Morgan fingerprint density at radius 2 is 2.31 bits per heavy atom. The molecule has 1 atom stereocenters. The average Bonchev–Trinajstić information content (AvgIpc) is 2.70. The lowest BCUT2D eigenvalue weighted by Gasteiger charge is -2.17. The third-order valence-electron chi connectivity index (χ3n) is 2.36. The predicted molar refractivity (Wildman–Crippen MR) is 74.2 cm³/mol. The Bertz CT molecular complexity index is 290. The van der Waals surface area contributed by atoms with Gasteiger partial charge in [-0.25, -0.2) is 0 Å². The Morgan fingerprint density at radius 1 is 1.50 bits per heavy atom. The van der Waals surface area contributed by atoms with E-state index < -0.39 is 0 Å². The summed E-state index contributed by atoms with van der Waals surface area (Å²) in [4.78, 5) is 1.38. The monoisotopic (exact) mass is 305 g/mol. The minimum atomic E-state index is 0.417. The molecule has 0 saturated carbocycles. The van der Waals surface area contributed by atoms with Gasteiger partial charge in [0.1, 0.15) is 0 Å². The van der Waals surface area contributed by atoms with Crippen LogP contribution in [0.5, 0.6) is 0 Å². The molecule has 0 aliphatic rings. The van der Waals surface area contributed by atoms with Crippen molar-refractivity contribution in [2.24, 2.45) is 0 Å². The number of thiophene rings is 1. The molecule has 1 unspecified atom stereocenters. The van der Waals surface area contributed by atoms with Gasteiger partial charge < -0.3 is 10.1 Å². The maximum absolute atomic E-state index is 5.43. The smallest absolute Gasteiger partial charge is 0.0484 e. The number of hydrogen-bond donors (Lipinski definition) is 1. The predicted octanol–water partition coefficient (Wildman–Crippen LogP) is 3.98. The highest BCUT2D eigenvalue weighted by atomic mass is 79.9. The Kier molecular flexibility index (Phi) is 7.28. The zero-order chi connectivity index (χ0) is 11.8. The van der Waals surface area contributed by atoms with Crippen molar-refractivity contribution in [1.29, 1.82) is 0 Å². The third kappa shape index (κ3) is 4.53. The second-order valence-corrected chi connectivity index (χ2v) is 5.43. The lowest BCUT2D eigenvalue weighted by Crippen LogP contribution is -2.23. The summed E-state index contributed by atoms with van der Waals surface area (Å²) in [6, 6.07) is 2.53. The molecule has 1 heterocycles. The van der Waals surface area contributed by atoms with Crippen molar-refractivity contribution in [1.82, 2.24) is 5.32 Å². The topological polar surface area (TPSA) is 21.3 Å². The van der Waals surface area contributed by atoms with Gasteiger partial charge in [-0.15, -0.1) is 11.3 Å². The molecule has 0 aliphatic heterocycles. The SMILES string of the molecule is CCCNC(CCOCC)c1sccc1Br. The van der Waals surface area contributed by atoms with E-state index in [9.17, 15) is 0 Å². The Labute approximate surface area is 111 Å². The molecule has 16 heavy (non-hydrogen) atoms. The first-order chi connectivity index (χ1) is 7.79. The lowest BCUT2D eigenvalue weighted by molar-refractivity contribution is 0.136. The molecule has 1 N–H and O–H groups in total. The van der Waals surface area contributed by atoms with Crippen molar-refractivity contribution in [3.8, 4) is 0 Å². The lowest BCUT2D eigenvalue weighted by atomic mass is 10.1. The summed E-state index contributed by atoms with van der Waals surface area (Å²) in [7, 11) is 0. The van der Waals surface area contributed by atoms with Crippen LogP contribution in [0.1, 0.15) is 37.6 Å². The number of halogens is 1. The number of nitrogens with one attached hydrogen (secondary N) is 1. The fraction of sp³-hybridized carbons (Fsp3) is 0.667. The molecule has 1 aromatic heterocycles. The second kappa shape index (κ2) is 8.23. The summed E-state index contributed by atoms with van der Waals surface area (Å²) in [5.74, 6) is 0. The van der Waals surface area contributed by atoms with Crippen molar-refractivity contribution < 1.29 is 4.74 Å². The van der Waals surface area contributed by atoms with Gasteiger partial charge in [-0.05, 0) is 53.7 Å². The molecule has 0 aliphatic carbocycles. The van der Waals surface area contributed by atoms with E-state index in [1.165, 1.54) is 9.35 Å². The van der Waals surface area contributed by atoms with Gasteiger partial charge in [-0.2, -0.15) is 0 Å². The molecule has 92 valence electrons. The molecule has 0 radical (unpaired) electrons. The molecular weight excluding hydrogens is 286 g/mol. The molecule has 0 fully saturated rings. The quantitative estimate of drug-likeness (QED) is 0.734. The minimum Gasteiger partial charge on any atom is -0.382 e. The van der Waals surface area contributed by atoms with Crippen LogP contribution in [0.15, 0.2) is 15.9 Å². The molecule has 0 saturated heterocycles. The van der Waals surface area contributed by atoms with Gasteiger partial charge >= 0.3 is 0 Å². The van der Waals surface area contributed by atoms with E-state index in [4.69, 9.17) is 4.74 Å². The van der Waals surface area contributed by atoms with E-state index >= 15 is 0 Å². The average molecular weight is 306 g/mol. The molecule has 0 aromatic carbocycles. The number of rotatable bonds is 8. The molecule has 1 aromatic rings. The second-order valence-electron chi connectivity index (χ2n) is 3.63. The first kappa shape index (κ1) is 14.2. The molecule has 2 nitrogen and oxygen atoms in total. The van der Waals surface area contributed by atoms with E-state index in [0.29, 0.717) is 6.04 Å². The fourth-order valence-corrected chi connectivity index (χ4v) is 3.30. The van der Waals surface area contributed by atoms with Crippen molar-refractivity contribution in [2.75, 3.05) is 19.8 Å². The summed E-state index contributed by atoms with van der Waals surface area (Å²) in [6.07, 6.45) is 2.20. The van der Waals surface area contributed by atoms with Crippen LogP contribution in [0.4, 0.5) is 0 Å². The molecule has 0 spiro atoms. The Hall–Kier alpha value is 0.100. The highest BCUT2D eigenvalue weighted by Crippen LogP contribution is 2.30. The molecule has 4 heteroatoms. The van der Waals surface area contributed by atoms with Gasteiger partial charge in [0, 0.05) is 28.6 Å². The third-order valence-corrected chi connectivity index (χ3v) is 4.34.